The zero-order valence-electron chi connectivity index (χ0n) is 9.28. The lowest BCUT2D eigenvalue weighted by atomic mass is 9.83. The van der Waals surface area contributed by atoms with Gasteiger partial charge in [-0.1, -0.05) is 0 Å². The van der Waals surface area contributed by atoms with Gasteiger partial charge in [0, 0.05) is 18.6 Å². The molecule has 2 atom stereocenters. The first-order valence-electron chi connectivity index (χ1n) is 5.85. The van der Waals surface area contributed by atoms with E-state index in [1.54, 1.807) is 0 Å². The van der Waals surface area contributed by atoms with Crippen molar-refractivity contribution in [2.75, 3.05) is 19.6 Å². The van der Waals surface area contributed by atoms with Crippen LogP contribution in [0.15, 0.2) is 0 Å². The standard InChI is InChI=1S/C11H20N2O2/c1-8(6-11(14)15)12-10-7-13-4-2-9(10)3-5-13/h8-10,12H,2-7H2,1H3,(H,14,15). The number of hydrogen-bond acceptors (Lipinski definition) is 3. The maximum absolute atomic E-state index is 10.6. The minimum absolute atomic E-state index is 0.0908. The van der Waals surface area contributed by atoms with Crippen molar-refractivity contribution in [3.05, 3.63) is 0 Å². The van der Waals surface area contributed by atoms with Gasteiger partial charge in [-0.3, -0.25) is 4.79 Å². The van der Waals surface area contributed by atoms with E-state index in [0.717, 1.165) is 12.5 Å². The Morgan fingerprint density at radius 2 is 2.20 bits per heavy atom. The van der Waals surface area contributed by atoms with E-state index in [4.69, 9.17) is 5.11 Å². The Morgan fingerprint density at radius 3 is 2.67 bits per heavy atom. The van der Waals surface area contributed by atoms with Crippen molar-refractivity contribution in [2.45, 2.75) is 38.3 Å². The predicted octanol–water partition coefficient (Wildman–Crippen LogP) is 0.533. The van der Waals surface area contributed by atoms with Crippen molar-refractivity contribution in [1.29, 1.82) is 0 Å². The minimum atomic E-state index is -0.712. The lowest BCUT2D eigenvalue weighted by Crippen LogP contribution is -2.57. The van der Waals surface area contributed by atoms with Gasteiger partial charge in [0.15, 0.2) is 0 Å². The molecule has 2 N–H and O–H groups in total. The summed E-state index contributed by atoms with van der Waals surface area (Å²) in [6, 6.07) is 0.606. The molecule has 0 aliphatic carbocycles. The number of piperidine rings is 3. The Balaban J connectivity index is 1.81. The van der Waals surface area contributed by atoms with Crippen LogP contribution in [0.1, 0.15) is 26.2 Å². The maximum Gasteiger partial charge on any atom is 0.304 e. The van der Waals surface area contributed by atoms with Crippen LogP contribution in [-0.4, -0.2) is 47.7 Å². The van der Waals surface area contributed by atoms with Crippen LogP contribution in [0.3, 0.4) is 0 Å². The fourth-order valence-electron chi connectivity index (χ4n) is 2.84. The van der Waals surface area contributed by atoms with Gasteiger partial charge in [0.05, 0.1) is 6.42 Å². The normalized spacial score (nSPS) is 36.5. The van der Waals surface area contributed by atoms with Crippen molar-refractivity contribution in [3.8, 4) is 0 Å². The highest BCUT2D eigenvalue weighted by molar-refractivity contribution is 5.67. The first-order valence-corrected chi connectivity index (χ1v) is 5.85. The van der Waals surface area contributed by atoms with Crippen LogP contribution in [0.5, 0.6) is 0 Å². The number of rotatable bonds is 4. The van der Waals surface area contributed by atoms with Crippen LogP contribution < -0.4 is 5.32 Å². The molecule has 3 aliphatic rings. The van der Waals surface area contributed by atoms with Crippen LogP contribution in [0.2, 0.25) is 0 Å². The summed E-state index contributed by atoms with van der Waals surface area (Å²) >= 11 is 0. The fraction of sp³-hybridized carbons (Fsp3) is 0.909. The van der Waals surface area contributed by atoms with Gasteiger partial charge in [-0.15, -0.1) is 0 Å². The van der Waals surface area contributed by atoms with Gasteiger partial charge in [-0.05, 0) is 38.8 Å². The molecule has 3 heterocycles. The smallest absolute Gasteiger partial charge is 0.304 e. The molecule has 3 fully saturated rings. The zero-order valence-corrected chi connectivity index (χ0v) is 9.28. The molecule has 3 aliphatic heterocycles. The number of carboxylic acid groups (broad SMARTS) is 1. The van der Waals surface area contributed by atoms with E-state index < -0.39 is 5.97 Å². The summed E-state index contributed by atoms with van der Waals surface area (Å²) < 4.78 is 0. The Labute approximate surface area is 90.6 Å². The number of aliphatic carboxylic acids is 1. The summed E-state index contributed by atoms with van der Waals surface area (Å²) in [5.41, 5.74) is 0. The summed E-state index contributed by atoms with van der Waals surface area (Å²) in [7, 11) is 0. The van der Waals surface area contributed by atoms with Crippen molar-refractivity contribution in [1.82, 2.24) is 10.2 Å². The Hall–Kier alpha value is -0.610. The molecule has 0 amide bonds. The van der Waals surface area contributed by atoms with Crippen LogP contribution in [0.25, 0.3) is 0 Å². The highest BCUT2D eigenvalue weighted by Gasteiger charge is 2.34. The van der Waals surface area contributed by atoms with E-state index in [2.05, 4.69) is 10.2 Å². The lowest BCUT2D eigenvalue weighted by molar-refractivity contribution is -0.137. The summed E-state index contributed by atoms with van der Waals surface area (Å²) in [4.78, 5) is 13.0. The van der Waals surface area contributed by atoms with Gasteiger partial charge in [-0.25, -0.2) is 0 Å². The highest BCUT2D eigenvalue weighted by atomic mass is 16.4. The Bertz CT molecular complexity index is 237. The number of nitrogens with zero attached hydrogens (tertiary/aromatic N) is 1. The molecule has 4 nitrogen and oxygen atoms in total. The predicted molar refractivity (Wildman–Crippen MR) is 57.8 cm³/mol. The Kier molecular flexibility index (Phi) is 3.26. The van der Waals surface area contributed by atoms with Crippen LogP contribution in [-0.2, 0) is 4.79 Å². The Morgan fingerprint density at radius 1 is 1.53 bits per heavy atom. The molecule has 3 saturated heterocycles. The van der Waals surface area contributed by atoms with Crippen molar-refractivity contribution >= 4 is 5.97 Å². The summed E-state index contributed by atoms with van der Waals surface area (Å²) in [6.07, 6.45) is 2.78. The van der Waals surface area contributed by atoms with Gasteiger partial charge in [0.2, 0.25) is 0 Å². The molecule has 86 valence electrons. The lowest BCUT2D eigenvalue weighted by Gasteiger charge is -2.45. The third kappa shape index (κ3) is 2.69. The van der Waals surface area contributed by atoms with Crippen molar-refractivity contribution < 1.29 is 9.90 Å². The van der Waals surface area contributed by atoms with E-state index in [0.29, 0.717) is 6.04 Å². The number of hydrogen-bond donors (Lipinski definition) is 2. The molecule has 0 aromatic carbocycles. The SMILES string of the molecule is CC(CC(=O)O)NC1CN2CCC1CC2. The number of nitrogens with one attached hydrogen (secondary N) is 1. The fourth-order valence-corrected chi connectivity index (χ4v) is 2.84. The van der Waals surface area contributed by atoms with E-state index in [1.807, 2.05) is 6.92 Å². The van der Waals surface area contributed by atoms with Crippen LogP contribution in [0.4, 0.5) is 0 Å². The second-order valence-corrected chi connectivity index (χ2v) is 4.91. The number of carboxylic acids is 1. The molecule has 0 aromatic heterocycles. The number of carbonyl (C=O) groups is 1. The summed E-state index contributed by atoms with van der Waals surface area (Å²) in [5.74, 6) is 0.0579. The summed E-state index contributed by atoms with van der Waals surface area (Å²) in [5, 5.41) is 12.2. The average molecular weight is 212 g/mol. The van der Waals surface area contributed by atoms with E-state index in [-0.39, 0.29) is 12.5 Å². The first-order chi connectivity index (χ1) is 7.15. The third-order valence-electron chi connectivity index (χ3n) is 3.64. The second-order valence-electron chi connectivity index (χ2n) is 4.91. The molecular formula is C11H20N2O2. The van der Waals surface area contributed by atoms with Gasteiger partial charge < -0.3 is 15.3 Å². The first kappa shape index (κ1) is 10.9. The quantitative estimate of drug-likeness (QED) is 0.714. The van der Waals surface area contributed by atoms with Crippen molar-refractivity contribution in [3.63, 3.8) is 0 Å². The molecule has 0 aromatic rings. The van der Waals surface area contributed by atoms with Gasteiger partial charge in [0.25, 0.3) is 0 Å². The monoisotopic (exact) mass is 212 g/mol. The molecule has 15 heavy (non-hydrogen) atoms. The molecular weight excluding hydrogens is 192 g/mol. The molecule has 0 saturated carbocycles. The van der Waals surface area contributed by atoms with Gasteiger partial charge >= 0.3 is 5.97 Å². The van der Waals surface area contributed by atoms with E-state index >= 15 is 0 Å². The second kappa shape index (κ2) is 4.49. The van der Waals surface area contributed by atoms with E-state index in [1.165, 1.54) is 25.9 Å². The molecule has 4 heteroatoms. The molecule has 0 spiro atoms. The van der Waals surface area contributed by atoms with Crippen molar-refractivity contribution in [2.24, 2.45) is 5.92 Å². The minimum Gasteiger partial charge on any atom is -0.481 e. The molecule has 2 unspecified atom stereocenters. The topological polar surface area (TPSA) is 52.6 Å². The van der Waals surface area contributed by atoms with Crippen LogP contribution in [0, 0.1) is 5.92 Å². The zero-order chi connectivity index (χ0) is 10.8. The maximum atomic E-state index is 10.6. The van der Waals surface area contributed by atoms with E-state index in [9.17, 15) is 4.79 Å². The van der Waals surface area contributed by atoms with Gasteiger partial charge in [0.1, 0.15) is 0 Å². The third-order valence-corrected chi connectivity index (χ3v) is 3.64. The average Bonchev–Trinajstić information content (AvgIpc) is 2.17. The number of fused-ring (bicyclic) bond motifs is 3. The highest BCUT2D eigenvalue weighted by Crippen LogP contribution is 2.27. The molecule has 3 rings (SSSR count). The molecule has 0 radical (unpaired) electrons. The molecule has 2 bridgehead atoms. The largest absolute Gasteiger partial charge is 0.481 e. The summed E-state index contributed by atoms with van der Waals surface area (Å²) in [6.45, 7) is 5.53. The van der Waals surface area contributed by atoms with Crippen LogP contribution >= 0.6 is 0 Å². The van der Waals surface area contributed by atoms with Gasteiger partial charge in [-0.2, -0.15) is 0 Å².